The minimum absolute atomic E-state index is 0.0578. The summed E-state index contributed by atoms with van der Waals surface area (Å²) in [7, 11) is 1.44. The summed E-state index contributed by atoms with van der Waals surface area (Å²) in [4.78, 5) is 13.6. The van der Waals surface area contributed by atoms with Gasteiger partial charge in [-0.1, -0.05) is 101 Å². The number of alkyl halides is 8. The summed E-state index contributed by atoms with van der Waals surface area (Å²) in [5.41, 5.74) is 11.9. The van der Waals surface area contributed by atoms with E-state index >= 15 is 0 Å². The molecule has 0 amide bonds. The first-order chi connectivity index (χ1) is 27.0. The van der Waals surface area contributed by atoms with Gasteiger partial charge in [0.25, 0.3) is 0 Å². The fourth-order valence-electron chi connectivity index (χ4n) is 3.78. The van der Waals surface area contributed by atoms with Gasteiger partial charge < -0.3 is 35.4 Å². The highest BCUT2D eigenvalue weighted by molar-refractivity contribution is 14.1. The Balaban J connectivity index is 0.000000790. The summed E-state index contributed by atoms with van der Waals surface area (Å²) >= 11 is 2.85. The fraction of sp³-hybridized carbons (Fsp3) is 0.243. The zero-order chi connectivity index (χ0) is 43.4. The third-order valence-electron chi connectivity index (χ3n) is 6.36. The number of carbonyl (C=O) groups is 1. The summed E-state index contributed by atoms with van der Waals surface area (Å²) in [5.74, 6) is -1.76. The number of hydrogen-bond donors (Lipinski definition) is 4. The van der Waals surface area contributed by atoms with Crippen LogP contribution in [0.15, 0.2) is 112 Å². The predicted molar refractivity (Wildman–Crippen MR) is 215 cm³/mol. The average molecular weight is 1050 g/mol. The molecule has 0 heterocycles. The molecule has 0 aliphatic carbocycles. The average Bonchev–Trinajstić information content (AvgIpc) is 3.21. The SMILES string of the molecule is CO/N=C(\CO)c1ccc(-c2ccc(OCF)cc2)cc1.F/C=C(/F)I.FC(F)CI.NC(CO)c1ccc(-c2ccc(OCF)cc2)cc1.O=C(O)C(F)(F)F. The van der Waals surface area contributed by atoms with Crippen LogP contribution >= 0.6 is 45.2 Å². The van der Waals surface area contributed by atoms with E-state index in [2.05, 4.69) is 9.99 Å². The van der Waals surface area contributed by atoms with E-state index in [1.807, 2.05) is 72.8 Å². The van der Waals surface area contributed by atoms with Crippen molar-refractivity contribution in [1.29, 1.82) is 0 Å². The highest BCUT2D eigenvalue weighted by atomic mass is 127. The molecular formula is C37H37F9I2N2O7. The molecule has 57 heavy (non-hydrogen) atoms. The maximum Gasteiger partial charge on any atom is 0.490 e. The second kappa shape index (κ2) is 30.0. The van der Waals surface area contributed by atoms with E-state index in [9.17, 15) is 44.6 Å². The first-order valence-corrected chi connectivity index (χ1v) is 18.2. The Morgan fingerprint density at radius 3 is 1.39 bits per heavy atom. The van der Waals surface area contributed by atoms with Gasteiger partial charge in [-0.3, -0.25) is 0 Å². The number of nitrogens with zero attached hydrogens (tertiary/aromatic N) is 1. The molecule has 1 atom stereocenters. The Labute approximate surface area is 349 Å². The second-order valence-electron chi connectivity index (χ2n) is 10.2. The van der Waals surface area contributed by atoms with Crippen molar-refractivity contribution >= 4 is 56.9 Å². The molecule has 0 bridgehead atoms. The summed E-state index contributed by atoms with van der Waals surface area (Å²) in [6, 6.07) is 29.2. The van der Waals surface area contributed by atoms with E-state index in [4.69, 9.17) is 30.2 Å². The largest absolute Gasteiger partial charge is 0.490 e. The van der Waals surface area contributed by atoms with E-state index < -0.39 is 36.1 Å². The van der Waals surface area contributed by atoms with Gasteiger partial charge in [0.1, 0.15) is 30.7 Å². The van der Waals surface area contributed by atoms with Crippen LogP contribution in [0, 0.1) is 0 Å². The molecule has 0 saturated heterocycles. The summed E-state index contributed by atoms with van der Waals surface area (Å²) < 4.78 is 107. The van der Waals surface area contributed by atoms with Crippen LogP contribution in [-0.2, 0) is 9.63 Å². The zero-order valence-electron chi connectivity index (χ0n) is 29.7. The second-order valence-corrected chi connectivity index (χ2v) is 12.1. The third kappa shape index (κ3) is 23.0. The van der Waals surface area contributed by atoms with Gasteiger partial charge in [0.15, 0.2) is 3.83 Å². The molecule has 314 valence electrons. The molecule has 4 aromatic carbocycles. The Morgan fingerprint density at radius 1 is 0.807 bits per heavy atom. The van der Waals surface area contributed by atoms with Crippen molar-refractivity contribution < 1.29 is 73.9 Å². The lowest BCUT2D eigenvalue weighted by Crippen LogP contribution is -2.21. The molecule has 0 radical (unpaired) electrons. The van der Waals surface area contributed by atoms with Crippen molar-refractivity contribution in [3.05, 3.63) is 118 Å². The maximum absolute atomic E-state index is 12.1. The lowest BCUT2D eigenvalue weighted by molar-refractivity contribution is -0.192. The van der Waals surface area contributed by atoms with Gasteiger partial charge in [-0.05, 0) is 74.7 Å². The first kappa shape index (κ1) is 52.9. The van der Waals surface area contributed by atoms with E-state index in [1.54, 1.807) is 46.9 Å². The normalized spacial score (nSPS) is 11.5. The first-order valence-electron chi connectivity index (χ1n) is 15.6. The van der Waals surface area contributed by atoms with E-state index in [0.29, 0.717) is 17.2 Å². The number of benzene rings is 4. The number of aliphatic hydroxyl groups is 2. The van der Waals surface area contributed by atoms with Gasteiger partial charge in [0.05, 0.1) is 23.7 Å². The standard InChI is InChI=1S/C16H16FNO3.C15H16FNO2.C2HF3O2.C2H3F2I.C2HF2I/c1-20-18-16(10-19)14-4-2-12(3-5-14)13-6-8-15(9-7-13)21-11-17;16-10-19-14-7-5-12(6-8-14)11-1-3-13(4-2-11)15(17)9-18;3-2(4,5)1(6)7;3-2(4)1-5;3-1-2(4)5/h2-9,19H,10-11H2,1H3;1-8,15,18H,9-10,17H2;(H,6,7);2H,1H2;1H/b18-16+;;;;2-1-. The van der Waals surface area contributed by atoms with Gasteiger partial charge in [-0.2, -0.15) is 17.6 Å². The highest BCUT2D eigenvalue weighted by Gasteiger charge is 2.38. The van der Waals surface area contributed by atoms with Crippen molar-refractivity contribution in [2.45, 2.75) is 18.6 Å². The molecule has 0 spiro atoms. The lowest BCUT2D eigenvalue weighted by atomic mass is 10.0. The van der Waals surface area contributed by atoms with Gasteiger partial charge in [0.2, 0.25) is 20.1 Å². The number of ether oxygens (including phenoxy) is 2. The van der Waals surface area contributed by atoms with Gasteiger partial charge in [-0.15, -0.1) is 0 Å². The van der Waals surface area contributed by atoms with Crippen LogP contribution in [0.3, 0.4) is 0 Å². The Morgan fingerprint density at radius 2 is 1.14 bits per heavy atom. The molecule has 0 aliphatic rings. The Hall–Kier alpha value is -4.13. The van der Waals surface area contributed by atoms with Crippen LogP contribution in [0.5, 0.6) is 11.5 Å². The van der Waals surface area contributed by atoms with Crippen molar-refractivity contribution in [3.8, 4) is 33.8 Å². The smallest absolute Gasteiger partial charge is 0.475 e. The quantitative estimate of drug-likeness (QED) is 0.0361. The number of rotatable bonds is 12. The zero-order valence-corrected chi connectivity index (χ0v) is 34.0. The highest BCUT2D eigenvalue weighted by Crippen LogP contribution is 2.25. The van der Waals surface area contributed by atoms with Crippen molar-refractivity contribution in [3.63, 3.8) is 0 Å². The van der Waals surface area contributed by atoms with Gasteiger partial charge >= 0.3 is 12.1 Å². The number of nitrogens with two attached hydrogens (primary N) is 1. The van der Waals surface area contributed by atoms with Crippen LogP contribution in [0.1, 0.15) is 17.2 Å². The molecule has 20 heteroatoms. The van der Waals surface area contributed by atoms with Gasteiger partial charge in [-0.25, -0.2) is 26.7 Å². The molecule has 0 aliphatic heterocycles. The number of halogens is 11. The number of hydrogen-bond acceptors (Lipinski definition) is 8. The Bertz CT molecular complexity index is 1730. The molecule has 0 saturated carbocycles. The molecule has 0 fully saturated rings. The number of oxime groups is 1. The molecule has 4 aromatic rings. The van der Waals surface area contributed by atoms with Gasteiger partial charge in [0, 0.05) is 5.56 Å². The van der Waals surface area contributed by atoms with Crippen molar-refractivity contribution in [1.82, 2.24) is 0 Å². The Kier molecular flexibility index (Phi) is 27.8. The summed E-state index contributed by atoms with van der Waals surface area (Å²) in [5, 5.41) is 29.1. The molecular weight excluding hydrogens is 1010 g/mol. The van der Waals surface area contributed by atoms with Crippen molar-refractivity contribution in [2.75, 3.05) is 38.5 Å². The van der Waals surface area contributed by atoms with Crippen LogP contribution in [0.2, 0.25) is 0 Å². The number of aliphatic carboxylic acids is 1. The number of carboxylic acid groups (broad SMARTS) is 1. The molecule has 9 nitrogen and oxygen atoms in total. The predicted octanol–water partition coefficient (Wildman–Crippen LogP) is 10.1. The fourth-order valence-corrected chi connectivity index (χ4v) is 3.78. The third-order valence-corrected chi connectivity index (χ3v) is 7.27. The number of carboxylic acids is 1. The van der Waals surface area contributed by atoms with Crippen LogP contribution < -0.4 is 15.2 Å². The minimum atomic E-state index is -5.08. The van der Waals surface area contributed by atoms with Crippen molar-refractivity contribution in [2.24, 2.45) is 10.9 Å². The molecule has 1 unspecified atom stereocenters. The van der Waals surface area contributed by atoms with Crippen LogP contribution in [-0.4, -0.2) is 78.1 Å². The monoisotopic (exact) mass is 1050 g/mol. The van der Waals surface area contributed by atoms with Crippen LogP contribution in [0.25, 0.3) is 22.3 Å². The molecule has 5 N–H and O–H groups in total. The van der Waals surface area contributed by atoms with Crippen LogP contribution in [0.4, 0.5) is 39.5 Å². The molecule has 4 rings (SSSR count). The van der Waals surface area contributed by atoms with E-state index in [-0.39, 0.29) is 30.0 Å². The van der Waals surface area contributed by atoms with E-state index in [0.717, 1.165) is 33.4 Å². The van der Waals surface area contributed by atoms with E-state index in [1.165, 1.54) is 29.7 Å². The summed E-state index contributed by atoms with van der Waals surface area (Å²) in [6.07, 6.45) is -7.31. The summed E-state index contributed by atoms with van der Waals surface area (Å²) in [6.45, 7) is -1.93. The maximum atomic E-state index is 12.1. The topological polar surface area (TPSA) is 144 Å². The number of aliphatic hydroxyl groups excluding tert-OH is 2. The minimum Gasteiger partial charge on any atom is -0.475 e. The lowest BCUT2D eigenvalue weighted by Gasteiger charge is -2.09. The molecule has 0 aromatic heterocycles.